The maximum absolute atomic E-state index is 11.8. The minimum atomic E-state index is 0.165. The third-order valence-electron chi connectivity index (χ3n) is 2.89. The van der Waals surface area contributed by atoms with Crippen LogP contribution in [0.1, 0.15) is 31.4 Å². The number of aromatic nitrogens is 1. The first-order chi connectivity index (χ1) is 7.25. The van der Waals surface area contributed by atoms with Gasteiger partial charge in [-0.05, 0) is 31.9 Å². The zero-order chi connectivity index (χ0) is 10.7. The van der Waals surface area contributed by atoms with Crippen molar-refractivity contribution in [1.82, 2.24) is 4.98 Å². The fourth-order valence-corrected chi connectivity index (χ4v) is 2.06. The topological polar surface area (TPSA) is 42.0 Å². The number of hydrogen-bond acceptors (Lipinski definition) is 2. The maximum atomic E-state index is 11.8. The highest BCUT2D eigenvalue weighted by atomic mass is 16.1. The molecule has 0 unspecified atom stereocenters. The molecule has 1 saturated carbocycles. The van der Waals surface area contributed by atoms with Crippen LogP contribution in [-0.4, -0.2) is 10.9 Å². The molecule has 3 heteroatoms. The molecule has 0 radical (unpaired) electrons. The van der Waals surface area contributed by atoms with Crippen LogP contribution in [-0.2, 0) is 4.79 Å². The minimum absolute atomic E-state index is 0.165. The number of rotatable bonds is 2. The summed E-state index contributed by atoms with van der Waals surface area (Å²) in [6.07, 6.45) is 6.17. The van der Waals surface area contributed by atoms with Crippen molar-refractivity contribution in [1.29, 1.82) is 0 Å². The summed E-state index contributed by atoms with van der Waals surface area (Å²) in [4.78, 5) is 15.9. The molecule has 0 aliphatic heterocycles. The molecule has 0 spiro atoms. The molecule has 1 amide bonds. The maximum Gasteiger partial charge on any atom is 0.227 e. The van der Waals surface area contributed by atoms with Crippen molar-refractivity contribution in [2.45, 2.75) is 32.6 Å². The molecule has 0 atom stereocenters. The third kappa shape index (κ3) is 2.55. The number of anilines is 1. The Labute approximate surface area is 89.9 Å². The highest BCUT2D eigenvalue weighted by Crippen LogP contribution is 2.25. The monoisotopic (exact) mass is 204 g/mol. The molecule has 15 heavy (non-hydrogen) atoms. The number of amides is 1. The number of pyridine rings is 1. The van der Waals surface area contributed by atoms with Crippen LogP contribution < -0.4 is 5.32 Å². The highest BCUT2D eigenvalue weighted by molar-refractivity contribution is 5.92. The van der Waals surface area contributed by atoms with Gasteiger partial charge in [-0.3, -0.25) is 9.78 Å². The second kappa shape index (κ2) is 4.43. The van der Waals surface area contributed by atoms with E-state index in [9.17, 15) is 4.79 Å². The lowest BCUT2D eigenvalue weighted by Gasteiger charge is -2.10. The Morgan fingerprint density at radius 2 is 2.20 bits per heavy atom. The predicted molar refractivity (Wildman–Crippen MR) is 59.6 cm³/mol. The van der Waals surface area contributed by atoms with E-state index in [1.54, 1.807) is 6.20 Å². The van der Waals surface area contributed by atoms with Gasteiger partial charge in [-0.15, -0.1) is 0 Å². The van der Waals surface area contributed by atoms with Crippen molar-refractivity contribution in [2.75, 3.05) is 5.32 Å². The first kappa shape index (κ1) is 10.1. The van der Waals surface area contributed by atoms with Crippen molar-refractivity contribution in [3.8, 4) is 0 Å². The van der Waals surface area contributed by atoms with Gasteiger partial charge < -0.3 is 5.32 Å². The van der Waals surface area contributed by atoms with E-state index < -0.39 is 0 Å². The van der Waals surface area contributed by atoms with Gasteiger partial charge in [0, 0.05) is 23.5 Å². The van der Waals surface area contributed by atoms with Crippen LogP contribution in [0.25, 0.3) is 0 Å². The average molecular weight is 204 g/mol. The predicted octanol–water partition coefficient (Wildman–Crippen LogP) is 2.52. The van der Waals surface area contributed by atoms with Gasteiger partial charge in [-0.25, -0.2) is 0 Å². The molecule has 0 bridgehead atoms. The summed E-state index contributed by atoms with van der Waals surface area (Å²) in [5.41, 5.74) is 1.79. The van der Waals surface area contributed by atoms with Gasteiger partial charge in [0.05, 0.1) is 0 Å². The van der Waals surface area contributed by atoms with E-state index >= 15 is 0 Å². The van der Waals surface area contributed by atoms with E-state index in [-0.39, 0.29) is 11.8 Å². The quantitative estimate of drug-likeness (QED) is 0.804. The Hall–Kier alpha value is -1.38. The summed E-state index contributed by atoms with van der Waals surface area (Å²) in [5, 5.41) is 2.95. The number of nitrogens with zero attached hydrogens (tertiary/aromatic N) is 1. The van der Waals surface area contributed by atoms with Crippen LogP contribution in [0.5, 0.6) is 0 Å². The molecule has 1 N–H and O–H groups in total. The first-order valence-electron chi connectivity index (χ1n) is 5.49. The molecule has 0 aromatic carbocycles. The first-order valence-corrected chi connectivity index (χ1v) is 5.49. The second-order valence-corrected chi connectivity index (χ2v) is 4.16. The standard InChI is InChI=1S/C12H16N2O/c1-9-8-11(6-7-13-9)14-12(15)10-4-2-3-5-10/h6-8,10H,2-5H2,1H3,(H,13,14,15). The average Bonchev–Trinajstić information content (AvgIpc) is 2.70. The van der Waals surface area contributed by atoms with Crippen molar-refractivity contribution in [3.63, 3.8) is 0 Å². The van der Waals surface area contributed by atoms with E-state index in [1.807, 2.05) is 19.1 Å². The Morgan fingerprint density at radius 3 is 2.87 bits per heavy atom. The molecular formula is C12H16N2O. The molecule has 1 aliphatic carbocycles. The summed E-state index contributed by atoms with van der Waals surface area (Å²) in [6, 6.07) is 3.73. The zero-order valence-corrected chi connectivity index (χ0v) is 8.99. The van der Waals surface area contributed by atoms with E-state index in [1.165, 1.54) is 12.8 Å². The molecule has 1 aromatic rings. The number of hydrogen-bond donors (Lipinski definition) is 1. The summed E-state index contributed by atoms with van der Waals surface area (Å²) >= 11 is 0. The van der Waals surface area contributed by atoms with E-state index in [2.05, 4.69) is 10.3 Å². The Balaban J connectivity index is 1.99. The van der Waals surface area contributed by atoms with Gasteiger partial charge in [0.1, 0.15) is 0 Å². The number of carbonyl (C=O) groups is 1. The lowest BCUT2D eigenvalue weighted by Crippen LogP contribution is -2.20. The van der Waals surface area contributed by atoms with E-state index in [4.69, 9.17) is 0 Å². The highest BCUT2D eigenvalue weighted by Gasteiger charge is 2.22. The van der Waals surface area contributed by atoms with Crippen molar-refractivity contribution in [2.24, 2.45) is 5.92 Å². The van der Waals surface area contributed by atoms with Crippen LogP contribution in [0.2, 0.25) is 0 Å². The number of aryl methyl sites for hydroxylation is 1. The van der Waals surface area contributed by atoms with E-state index in [0.29, 0.717) is 0 Å². The lowest BCUT2D eigenvalue weighted by atomic mass is 10.1. The molecule has 2 rings (SSSR count). The second-order valence-electron chi connectivity index (χ2n) is 4.16. The van der Waals surface area contributed by atoms with Crippen LogP contribution >= 0.6 is 0 Å². The lowest BCUT2D eigenvalue weighted by molar-refractivity contribution is -0.119. The van der Waals surface area contributed by atoms with Gasteiger partial charge in [0.25, 0.3) is 0 Å². The number of carbonyl (C=O) groups excluding carboxylic acids is 1. The number of nitrogens with one attached hydrogen (secondary N) is 1. The SMILES string of the molecule is Cc1cc(NC(=O)C2CCCC2)ccn1. The molecular weight excluding hydrogens is 188 g/mol. The Morgan fingerprint density at radius 1 is 1.47 bits per heavy atom. The molecule has 1 aliphatic rings. The van der Waals surface area contributed by atoms with Gasteiger partial charge >= 0.3 is 0 Å². The molecule has 0 saturated heterocycles. The normalized spacial score (nSPS) is 16.6. The fourth-order valence-electron chi connectivity index (χ4n) is 2.06. The Kier molecular flexibility index (Phi) is 2.99. The van der Waals surface area contributed by atoms with Crippen molar-refractivity contribution >= 4 is 11.6 Å². The van der Waals surface area contributed by atoms with Crippen LogP contribution in [0.3, 0.4) is 0 Å². The van der Waals surface area contributed by atoms with Gasteiger partial charge in [-0.1, -0.05) is 12.8 Å². The molecule has 1 aromatic heterocycles. The summed E-state index contributed by atoms with van der Waals surface area (Å²) in [5.74, 6) is 0.386. The van der Waals surface area contributed by atoms with Gasteiger partial charge in [-0.2, -0.15) is 0 Å². The molecule has 1 heterocycles. The third-order valence-corrected chi connectivity index (χ3v) is 2.89. The van der Waals surface area contributed by atoms with Crippen molar-refractivity contribution < 1.29 is 4.79 Å². The molecule has 80 valence electrons. The summed E-state index contributed by atoms with van der Waals surface area (Å²) in [6.45, 7) is 1.92. The van der Waals surface area contributed by atoms with Gasteiger partial charge in [0.2, 0.25) is 5.91 Å². The van der Waals surface area contributed by atoms with Crippen molar-refractivity contribution in [3.05, 3.63) is 24.0 Å². The molecule has 1 fully saturated rings. The minimum Gasteiger partial charge on any atom is -0.326 e. The summed E-state index contributed by atoms with van der Waals surface area (Å²) < 4.78 is 0. The zero-order valence-electron chi connectivity index (χ0n) is 8.99. The van der Waals surface area contributed by atoms with Gasteiger partial charge in [0.15, 0.2) is 0 Å². The van der Waals surface area contributed by atoms with Crippen LogP contribution in [0, 0.1) is 12.8 Å². The van der Waals surface area contributed by atoms with Crippen LogP contribution in [0.4, 0.5) is 5.69 Å². The Bertz CT molecular complexity index is 356. The fraction of sp³-hybridized carbons (Fsp3) is 0.500. The molecule has 3 nitrogen and oxygen atoms in total. The van der Waals surface area contributed by atoms with Crippen LogP contribution in [0.15, 0.2) is 18.3 Å². The summed E-state index contributed by atoms with van der Waals surface area (Å²) in [7, 11) is 0. The largest absolute Gasteiger partial charge is 0.326 e. The van der Waals surface area contributed by atoms with E-state index in [0.717, 1.165) is 24.2 Å². The smallest absolute Gasteiger partial charge is 0.227 e.